The van der Waals surface area contributed by atoms with Crippen molar-refractivity contribution in [3.05, 3.63) is 24.3 Å². The van der Waals surface area contributed by atoms with E-state index in [1.807, 2.05) is 28.8 Å². The van der Waals surface area contributed by atoms with Gasteiger partial charge in [-0.3, -0.25) is 14.9 Å². The molecule has 0 atom stereocenters. The van der Waals surface area contributed by atoms with Gasteiger partial charge in [0.15, 0.2) is 0 Å². The molecule has 0 spiro atoms. The molecular weight excluding hydrogens is 290 g/mol. The summed E-state index contributed by atoms with van der Waals surface area (Å²) in [6, 6.07) is 7.70. The topological polar surface area (TPSA) is 84.2 Å². The quantitative estimate of drug-likeness (QED) is 0.819. The zero-order valence-electron chi connectivity index (χ0n) is 11.7. The monoisotopic (exact) mass is 307 g/mol. The number of hydrogen-bond donors (Lipinski definition) is 2. The maximum atomic E-state index is 11.8. The lowest BCUT2D eigenvalue weighted by molar-refractivity contribution is -0.133. The van der Waals surface area contributed by atoms with E-state index in [9.17, 15) is 9.59 Å². The molecule has 1 aromatic carbocycles. The molecule has 2 N–H and O–H groups in total. The van der Waals surface area contributed by atoms with Crippen molar-refractivity contribution in [2.75, 3.05) is 16.8 Å². The fraction of sp³-hybridized carbons (Fsp3) is 0.357. The molecule has 0 unspecified atom stereocenters. The number of imidazole rings is 1. The van der Waals surface area contributed by atoms with Gasteiger partial charge in [-0.15, -0.1) is 11.8 Å². The van der Waals surface area contributed by atoms with Gasteiger partial charge in [-0.2, -0.15) is 0 Å². The Balaban J connectivity index is 2.11. The molecular formula is C14H17N3O3S. The third kappa shape index (κ3) is 3.98. The smallest absolute Gasteiger partial charge is 0.313 e. The molecule has 0 aliphatic heterocycles. The highest BCUT2D eigenvalue weighted by Gasteiger charge is 2.12. The first-order valence-corrected chi connectivity index (χ1v) is 7.82. The van der Waals surface area contributed by atoms with Crippen LogP contribution in [-0.2, 0) is 16.1 Å². The molecule has 0 radical (unpaired) electrons. The van der Waals surface area contributed by atoms with E-state index in [0.29, 0.717) is 5.95 Å². The van der Waals surface area contributed by atoms with Gasteiger partial charge in [-0.05, 0) is 18.6 Å². The maximum Gasteiger partial charge on any atom is 0.313 e. The Morgan fingerprint density at radius 3 is 2.81 bits per heavy atom. The Morgan fingerprint density at radius 1 is 1.33 bits per heavy atom. The minimum absolute atomic E-state index is 0.0845. The third-order valence-corrected chi connectivity index (χ3v) is 3.73. The molecule has 112 valence electrons. The molecule has 7 heteroatoms. The van der Waals surface area contributed by atoms with Crippen molar-refractivity contribution in [3.63, 3.8) is 0 Å². The summed E-state index contributed by atoms with van der Waals surface area (Å²) < 4.78 is 1.97. The molecule has 0 aliphatic carbocycles. The standard InChI is InChI=1S/C14H17N3O3S/c1-2-7-17-11-6-4-3-5-10(11)15-14(17)16-12(18)8-21-9-13(19)20/h3-6H,2,7-9H2,1H3,(H,19,20)(H,15,16,18). The number of carbonyl (C=O) groups is 2. The van der Waals surface area contributed by atoms with Crippen LogP contribution < -0.4 is 5.32 Å². The Morgan fingerprint density at radius 2 is 2.10 bits per heavy atom. The van der Waals surface area contributed by atoms with Gasteiger partial charge in [0.1, 0.15) is 0 Å². The highest BCUT2D eigenvalue weighted by molar-refractivity contribution is 8.00. The molecule has 2 rings (SSSR count). The van der Waals surface area contributed by atoms with Crippen LogP contribution in [0.2, 0.25) is 0 Å². The zero-order valence-corrected chi connectivity index (χ0v) is 12.5. The van der Waals surface area contributed by atoms with Gasteiger partial charge in [0.2, 0.25) is 11.9 Å². The Labute approximate surface area is 126 Å². The van der Waals surface area contributed by atoms with Crippen LogP contribution in [0.4, 0.5) is 5.95 Å². The number of amides is 1. The van der Waals surface area contributed by atoms with E-state index >= 15 is 0 Å². The highest BCUT2D eigenvalue weighted by atomic mass is 32.2. The van der Waals surface area contributed by atoms with Crippen LogP contribution in [0.1, 0.15) is 13.3 Å². The minimum atomic E-state index is -0.925. The lowest BCUT2D eigenvalue weighted by Gasteiger charge is -2.08. The molecule has 2 aromatic rings. The van der Waals surface area contributed by atoms with E-state index in [2.05, 4.69) is 17.2 Å². The van der Waals surface area contributed by atoms with Crippen molar-refractivity contribution in [2.45, 2.75) is 19.9 Å². The fourth-order valence-corrected chi connectivity index (χ4v) is 2.55. The second kappa shape index (κ2) is 7.12. The second-order valence-electron chi connectivity index (χ2n) is 4.51. The van der Waals surface area contributed by atoms with Crippen LogP contribution in [0.3, 0.4) is 0 Å². The number of hydrogen-bond acceptors (Lipinski definition) is 4. The number of carbonyl (C=O) groups excluding carboxylic acids is 1. The average Bonchev–Trinajstić information content (AvgIpc) is 2.77. The number of aliphatic carboxylic acids is 1. The third-order valence-electron chi connectivity index (χ3n) is 2.81. The molecule has 0 saturated heterocycles. The van der Waals surface area contributed by atoms with E-state index in [0.717, 1.165) is 35.8 Å². The first-order chi connectivity index (χ1) is 10.1. The molecule has 0 bridgehead atoms. The van der Waals surface area contributed by atoms with Crippen LogP contribution in [0.15, 0.2) is 24.3 Å². The van der Waals surface area contributed by atoms with Crippen molar-refractivity contribution in [1.82, 2.24) is 9.55 Å². The van der Waals surface area contributed by atoms with Crippen LogP contribution >= 0.6 is 11.8 Å². The van der Waals surface area contributed by atoms with Crippen molar-refractivity contribution >= 4 is 40.6 Å². The van der Waals surface area contributed by atoms with Crippen LogP contribution in [0, 0.1) is 0 Å². The SMILES string of the molecule is CCCn1c(NC(=O)CSCC(=O)O)nc2ccccc21. The van der Waals surface area contributed by atoms with Gasteiger partial charge in [0.25, 0.3) is 0 Å². The first kappa shape index (κ1) is 15.4. The molecule has 6 nitrogen and oxygen atoms in total. The Hall–Kier alpha value is -2.02. The van der Waals surface area contributed by atoms with E-state index in [1.165, 1.54) is 0 Å². The second-order valence-corrected chi connectivity index (χ2v) is 5.50. The number of nitrogens with zero attached hydrogens (tertiary/aromatic N) is 2. The Bertz CT molecular complexity index is 654. The summed E-state index contributed by atoms with van der Waals surface area (Å²) >= 11 is 1.07. The molecule has 1 amide bonds. The fourth-order valence-electron chi connectivity index (χ4n) is 2.01. The minimum Gasteiger partial charge on any atom is -0.481 e. The average molecular weight is 307 g/mol. The van der Waals surface area contributed by atoms with Gasteiger partial charge in [0, 0.05) is 6.54 Å². The summed E-state index contributed by atoms with van der Waals surface area (Å²) in [6.07, 6.45) is 0.928. The maximum absolute atomic E-state index is 11.8. The number of anilines is 1. The summed E-state index contributed by atoms with van der Waals surface area (Å²) in [5.41, 5.74) is 1.81. The molecule has 1 aromatic heterocycles. The molecule has 0 fully saturated rings. The number of thioether (sulfide) groups is 1. The number of rotatable bonds is 7. The van der Waals surface area contributed by atoms with Crippen molar-refractivity contribution < 1.29 is 14.7 Å². The number of aryl methyl sites for hydroxylation is 1. The normalized spacial score (nSPS) is 10.7. The van der Waals surface area contributed by atoms with Gasteiger partial charge >= 0.3 is 5.97 Å². The number of fused-ring (bicyclic) bond motifs is 1. The zero-order chi connectivity index (χ0) is 15.2. The number of nitrogens with one attached hydrogen (secondary N) is 1. The highest BCUT2D eigenvalue weighted by Crippen LogP contribution is 2.20. The summed E-state index contributed by atoms with van der Waals surface area (Å²) in [5, 5.41) is 11.3. The van der Waals surface area contributed by atoms with Crippen molar-refractivity contribution in [2.24, 2.45) is 0 Å². The van der Waals surface area contributed by atoms with Crippen LogP contribution in [-0.4, -0.2) is 38.0 Å². The van der Waals surface area contributed by atoms with Gasteiger partial charge in [0.05, 0.1) is 22.5 Å². The summed E-state index contributed by atoms with van der Waals surface area (Å²) in [7, 11) is 0. The van der Waals surface area contributed by atoms with E-state index in [4.69, 9.17) is 5.11 Å². The summed E-state index contributed by atoms with van der Waals surface area (Å²) in [4.78, 5) is 26.7. The lowest BCUT2D eigenvalue weighted by atomic mass is 10.3. The summed E-state index contributed by atoms with van der Waals surface area (Å²) in [5.74, 6) is -0.639. The number of para-hydroxylation sites is 2. The predicted molar refractivity (Wildman–Crippen MR) is 83.6 cm³/mol. The molecule has 0 aliphatic rings. The number of carboxylic acids is 1. The van der Waals surface area contributed by atoms with E-state index in [-0.39, 0.29) is 17.4 Å². The van der Waals surface area contributed by atoms with Crippen molar-refractivity contribution in [3.8, 4) is 0 Å². The van der Waals surface area contributed by atoms with Gasteiger partial charge < -0.3 is 9.67 Å². The van der Waals surface area contributed by atoms with Gasteiger partial charge in [-0.25, -0.2) is 4.98 Å². The molecule has 1 heterocycles. The van der Waals surface area contributed by atoms with Crippen LogP contribution in [0.5, 0.6) is 0 Å². The van der Waals surface area contributed by atoms with Crippen molar-refractivity contribution in [1.29, 1.82) is 0 Å². The molecule has 0 saturated carbocycles. The molecule has 21 heavy (non-hydrogen) atoms. The Kier molecular flexibility index (Phi) is 5.21. The van der Waals surface area contributed by atoms with E-state index < -0.39 is 5.97 Å². The number of carboxylic acid groups (broad SMARTS) is 1. The lowest BCUT2D eigenvalue weighted by Crippen LogP contribution is -2.18. The largest absolute Gasteiger partial charge is 0.481 e. The van der Waals surface area contributed by atoms with Crippen LogP contribution in [0.25, 0.3) is 11.0 Å². The first-order valence-electron chi connectivity index (χ1n) is 6.66. The predicted octanol–water partition coefficient (Wildman–Crippen LogP) is 2.20. The summed E-state index contributed by atoms with van der Waals surface area (Å²) in [6.45, 7) is 2.82. The number of aromatic nitrogens is 2. The van der Waals surface area contributed by atoms with Gasteiger partial charge in [-0.1, -0.05) is 19.1 Å². The van der Waals surface area contributed by atoms with E-state index in [1.54, 1.807) is 0 Å². The number of benzene rings is 1.